The van der Waals surface area contributed by atoms with Gasteiger partial charge in [-0.2, -0.15) is 9.48 Å². The van der Waals surface area contributed by atoms with E-state index in [0.29, 0.717) is 53.5 Å². The van der Waals surface area contributed by atoms with Gasteiger partial charge in [0.2, 0.25) is 11.7 Å². The fourth-order valence-electron chi connectivity index (χ4n) is 3.75. The van der Waals surface area contributed by atoms with E-state index in [-0.39, 0.29) is 17.1 Å². The number of benzene rings is 1. The van der Waals surface area contributed by atoms with Crippen molar-refractivity contribution in [1.29, 1.82) is 0 Å². The molecule has 1 unspecified atom stereocenters. The van der Waals surface area contributed by atoms with Gasteiger partial charge in [0.15, 0.2) is 17.4 Å². The molecule has 4 rings (SSSR count). The molecule has 4 amide bonds. The maximum Gasteiger partial charge on any atom is 0.445 e. The summed E-state index contributed by atoms with van der Waals surface area (Å²) in [6.45, 7) is 7.13. The van der Waals surface area contributed by atoms with Crippen LogP contribution in [0.4, 0.5) is 10.5 Å². The number of nitrogens with one attached hydrogen (secondary N) is 1. The Morgan fingerprint density at radius 2 is 1.91 bits per heavy atom. The third-order valence-corrected chi connectivity index (χ3v) is 6.38. The van der Waals surface area contributed by atoms with Crippen LogP contribution >= 0.6 is 11.8 Å². The number of nitrogens with zero attached hydrogens (tertiary/aromatic N) is 4. The number of imide groups is 1. The molecule has 1 N–H and O–H groups in total. The van der Waals surface area contributed by atoms with Crippen molar-refractivity contribution in [2.75, 3.05) is 38.4 Å². The summed E-state index contributed by atoms with van der Waals surface area (Å²) in [5, 5.41) is 3.30. The van der Waals surface area contributed by atoms with Gasteiger partial charge in [0.25, 0.3) is 5.84 Å². The maximum atomic E-state index is 13.0. The van der Waals surface area contributed by atoms with Crippen molar-refractivity contribution in [1.82, 2.24) is 4.90 Å². The minimum atomic E-state index is -0.816. The highest BCUT2D eigenvalue weighted by atomic mass is 32.2. The highest BCUT2D eigenvalue weighted by Crippen LogP contribution is 2.33. The second-order valence-corrected chi connectivity index (χ2v) is 10.4. The summed E-state index contributed by atoms with van der Waals surface area (Å²) in [6.07, 6.45) is 0.558. The molecular formula is C23H28N5O5S+. The number of rotatable bonds is 4. The summed E-state index contributed by atoms with van der Waals surface area (Å²) in [7, 11) is 3.03. The number of thioether (sulfide) groups is 1. The van der Waals surface area contributed by atoms with E-state index in [4.69, 9.17) is 9.47 Å². The standard InChI is InChI=1S/C23H27N5O5S/c1-23(2,3)11-16-25-19-18(21(30)28(5)22(31)27(19)4)20(26-16)34-12-17(29)24-13-6-7-14-15(10-13)33-9-8-32-14/h6-7,10,18H,8-9,11-12H2,1-5H3/p+1. The molecule has 0 bridgehead atoms. The van der Waals surface area contributed by atoms with Crippen LogP contribution in [0.1, 0.15) is 27.2 Å². The van der Waals surface area contributed by atoms with Gasteiger partial charge in [0.1, 0.15) is 18.3 Å². The molecule has 0 aromatic heterocycles. The number of anilines is 1. The maximum absolute atomic E-state index is 13.0. The molecule has 1 atom stereocenters. The van der Waals surface area contributed by atoms with Crippen LogP contribution < -0.4 is 14.8 Å². The number of amides is 4. The number of ether oxygens (including phenoxy) is 2. The predicted octanol–water partition coefficient (Wildman–Crippen LogP) is 2.63. The first-order valence-electron chi connectivity index (χ1n) is 10.9. The third kappa shape index (κ3) is 4.98. The zero-order valence-electron chi connectivity index (χ0n) is 19.9. The summed E-state index contributed by atoms with van der Waals surface area (Å²) in [5.74, 6) is 0.656. The number of hydrogen-bond donors (Lipinski definition) is 1. The Kier molecular flexibility index (Phi) is 6.48. The minimum Gasteiger partial charge on any atom is -0.486 e. The average Bonchev–Trinajstić information content (AvgIpc) is 2.78. The van der Waals surface area contributed by atoms with E-state index in [1.165, 1.54) is 23.4 Å². The smallest absolute Gasteiger partial charge is 0.445 e. The van der Waals surface area contributed by atoms with Crippen molar-refractivity contribution in [2.24, 2.45) is 21.3 Å². The number of aliphatic imine (C=N–C) groups is 2. The molecule has 0 radical (unpaired) electrons. The molecule has 34 heavy (non-hydrogen) atoms. The summed E-state index contributed by atoms with van der Waals surface area (Å²) in [4.78, 5) is 48.4. The molecule has 180 valence electrons. The van der Waals surface area contributed by atoms with Crippen molar-refractivity contribution < 1.29 is 28.4 Å². The van der Waals surface area contributed by atoms with Crippen molar-refractivity contribution in [3.63, 3.8) is 0 Å². The largest absolute Gasteiger partial charge is 0.486 e. The lowest BCUT2D eigenvalue weighted by Gasteiger charge is -2.27. The van der Waals surface area contributed by atoms with E-state index < -0.39 is 17.9 Å². The molecule has 1 aromatic rings. The second-order valence-electron chi connectivity index (χ2n) is 9.44. The van der Waals surface area contributed by atoms with Gasteiger partial charge >= 0.3 is 11.9 Å². The fraction of sp³-hybridized carbons (Fsp3) is 0.478. The van der Waals surface area contributed by atoms with Crippen molar-refractivity contribution in [3.8, 4) is 11.5 Å². The van der Waals surface area contributed by atoms with Crippen LogP contribution in [0.5, 0.6) is 11.5 Å². The lowest BCUT2D eigenvalue weighted by molar-refractivity contribution is -0.407. The van der Waals surface area contributed by atoms with Crippen LogP contribution in [0.3, 0.4) is 0 Å². The Bertz CT molecular complexity index is 1150. The van der Waals surface area contributed by atoms with Crippen LogP contribution in [0.2, 0.25) is 0 Å². The summed E-state index contributed by atoms with van der Waals surface area (Å²) in [6, 6.07) is 4.77. The molecule has 0 fully saturated rings. The Hall–Kier alpha value is -3.21. The van der Waals surface area contributed by atoms with Crippen LogP contribution in [-0.2, 0) is 9.59 Å². The highest BCUT2D eigenvalue weighted by molar-refractivity contribution is 8.14. The fourth-order valence-corrected chi connectivity index (χ4v) is 4.64. The van der Waals surface area contributed by atoms with Crippen molar-refractivity contribution in [2.45, 2.75) is 27.2 Å². The van der Waals surface area contributed by atoms with E-state index in [2.05, 4.69) is 36.1 Å². The Morgan fingerprint density at radius 1 is 1.21 bits per heavy atom. The predicted molar refractivity (Wildman–Crippen MR) is 130 cm³/mol. The molecule has 10 nitrogen and oxygen atoms in total. The second kappa shape index (κ2) is 9.21. The van der Waals surface area contributed by atoms with Gasteiger partial charge in [-0.05, 0) is 17.5 Å². The van der Waals surface area contributed by atoms with E-state index >= 15 is 0 Å². The van der Waals surface area contributed by atoms with E-state index in [0.717, 1.165) is 4.90 Å². The Labute approximate surface area is 202 Å². The minimum absolute atomic E-state index is 0.0362. The van der Waals surface area contributed by atoms with Crippen molar-refractivity contribution in [3.05, 3.63) is 18.2 Å². The molecule has 3 aliphatic heterocycles. The summed E-state index contributed by atoms with van der Waals surface area (Å²) < 4.78 is 12.4. The van der Waals surface area contributed by atoms with Gasteiger partial charge in [0.05, 0.1) is 19.8 Å². The summed E-state index contributed by atoms with van der Waals surface area (Å²) >= 11 is 1.17. The molecule has 0 saturated carbocycles. The van der Waals surface area contributed by atoms with Crippen LogP contribution in [0.15, 0.2) is 28.2 Å². The zero-order valence-corrected chi connectivity index (χ0v) is 20.7. The average molecular weight is 487 g/mol. The first kappa shape index (κ1) is 23.9. The van der Waals surface area contributed by atoms with E-state index in [9.17, 15) is 14.4 Å². The number of fused-ring (bicyclic) bond motifs is 2. The number of urea groups is 1. The number of hydrogen-bond acceptors (Lipinski definition) is 8. The first-order chi connectivity index (χ1) is 16.0. The van der Waals surface area contributed by atoms with Gasteiger partial charge in [-0.1, -0.05) is 37.5 Å². The monoisotopic (exact) mass is 486 g/mol. The van der Waals surface area contributed by atoms with E-state index in [1.54, 1.807) is 25.2 Å². The summed E-state index contributed by atoms with van der Waals surface area (Å²) in [5.41, 5.74) is 0.487. The molecule has 0 saturated heterocycles. The van der Waals surface area contributed by atoms with Gasteiger partial charge in [-0.3, -0.25) is 9.59 Å². The molecule has 0 spiro atoms. The van der Waals surface area contributed by atoms with E-state index in [1.807, 2.05) is 0 Å². The molecule has 0 aliphatic carbocycles. The molecule has 3 heterocycles. The van der Waals surface area contributed by atoms with Gasteiger partial charge < -0.3 is 14.8 Å². The molecule has 11 heteroatoms. The van der Waals surface area contributed by atoms with Crippen LogP contribution in [0, 0.1) is 11.3 Å². The van der Waals surface area contributed by atoms with Gasteiger partial charge in [-0.15, -0.1) is 0 Å². The van der Waals surface area contributed by atoms with Gasteiger partial charge in [0, 0.05) is 18.2 Å². The highest BCUT2D eigenvalue weighted by Gasteiger charge is 2.49. The SMILES string of the molecule is CN1C(=O)C2C(SCC(=O)Nc3ccc4c(c3)OCCO4)=NC(CC(C)(C)C)=NC2=[N+](C)C1=O. The molecule has 1 aromatic carbocycles. The van der Waals surface area contributed by atoms with Crippen molar-refractivity contribution >= 4 is 52.0 Å². The van der Waals surface area contributed by atoms with Crippen LogP contribution in [-0.4, -0.2) is 77.1 Å². The lowest BCUT2D eigenvalue weighted by Crippen LogP contribution is -2.54. The number of carbonyl (C=O) groups is 3. The number of amidine groups is 2. The number of carbonyl (C=O) groups excluding carboxylic acids is 3. The normalized spacial score (nSPS) is 20.0. The first-order valence-corrected chi connectivity index (χ1v) is 11.9. The van der Waals surface area contributed by atoms with Gasteiger partial charge in [-0.25, -0.2) is 9.79 Å². The lowest BCUT2D eigenvalue weighted by atomic mass is 9.91. The molecular weight excluding hydrogens is 458 g/mol. The third-order valence-electron chi connectivity index (χ3n) is 5.35. The van der Waals surface area contributed by atoms with Crippen LogP contribution in [0.25, 0.3) is 0 Å². The Balaban J connectivity index is 1.53. The Morgan fingerprint density at radius 3 is 2.62 bits per heavy atom. The molecule has 3 aliphatic rings. The zero-order chi connectivity index (χ0) is 24.6. The topological polar surface area (TPSA) is 113 Å². The quantitative estimate of drug-likeness (QED) is 0.655.